The Morgan fingerprint density at radius 3 is 2.93 bits per heavy atom. The summed E-state index contributed by atoms with van der Waals surface area (Å²) in [6, 6.07) is 6.68. The summed E-state index contributed by atoms with van der Waals surface area (Å²) in [5, 5.41) is 0. The highest BCUT2D eigenvalue weighted by atomic mass is 16.5. The van der Waals surface area contributed by atoms with Gasteiger partial charge in [-0.05, 0) is 24.5 Å². The van der Waals surface area contributed by atoms with Crippen LogP contribution in [0.1, 0.15) is 42.9 Å². The summed E-state index contributed by atoms with van der Waals surface area (Å²) in [4.78, 5) is 0. The van der Waals surface area contributed by atoms with Crippen LogP contribution >= 0.6 is 0 Å². The third-order valence-corrected chi connectivity index (χ3v) is 3.20. The Hall–Kier alpha value is -0.820. The molecule has 1 aromatic rings. The molecule has 0 fully saturated rings. The lowest BCUT2D eigenvalue weighted by Crippen LogP contribution is -2.25. The highest BCUT2D eigenvalue weighted by molar-refractivity contribution is 5.35. The van der Waals surface area contributed by atoms with Gasteiger partial charge in [-0.2, -0.15) is 0 Å². The zero-order valence-corrected chi connectivity index (χ0v) is 9.21. The van der Waals surface area contributed by atoms with Crippen LogP contribution in [-0.4, -0.2) is 6.10 Å². The van der Waals surface area contributed by atoms with Crippen LogP contribution in [0.4, 0.5) is 0 Å². The largest absolute Gasteiger partial charge is 0.373 e. The molecule has 0 saturated heterocycles. The van der Waals surface area contributed by atoms with Crippen LogP contribution < -0.4 is 0 Å². The second-order valence-corrected chi connectivity index (χ2v) is 4.25. The summed E-state index contributed by atoms with van der Waals surface area (Å²) in [5.74, 6) is 0.545. The maximum Gasteiger partial charge on any atom is 0.0723 e. The van der Waals surface area contributed by atoms with Crippen molar-refractivity contribution in [3.63, 3.8) is 0 Å². The number of hydrogen-bond acceptors (Lipinski definition) is 1. The lowest BCUT2D eigenvalue weighted by Gasteiger charge is -2.31. The van der Waals surface area contributed by atoms with E-state index >= 15 is 0 Å². The molecule has 0 N–H and O–H groups in total. The van der Waals surface area contributed by atoms with E-state index in [2.05, 4.69) is 39.0 Å². The summed E-state index contributed by atoms with van der Waals surface area (Å²) in [7, 11) is 0. The highest BCUT2D eigenvalue weighted by Gasteiger charge is 2.25. The summed E-state index contributed by atoms with van der Waals surface area (Å²) in [5.41, 5.74) is 4.21. The van der Waals surface area contributed by atoms with Crippen molar-refractivity contribution in [2.75, 3.05) is 0 Å². The first kappa shape index (κ1) is 9.72. The first-order valence-electron chi connectivity index (χ1n) is 5.43. The van der Waals surface area contributed by atoms with Gasteiger partial charge in [0.15, 0.2) is 0 Å². The second-order valence-electron chi connectivity index (χ2n) is 4.25. The van der Waals surface area contributed by atoms with Crippen molar-refractivity contribution in [1.29, 1.82) is 0 Å². The molecule has 0 bridgehead atoms. The molecule has 0 aromatic heterocycles. The molecular weight excluding hydrogens is 172 g/mol. The molecule has 0 radical (unpaired) electrons. The van der Waals surface area contributed by atoms with E-state index in [1.165, 1.54) is 16.7 Å². The van der Waals surface area contributed by atoms with Gasteiger partial charge in [0.05, 0.1) is 12.7 Å². The zero-order chi connectivity index (χ0) is 10.1. The molecule has 0 amide bonds. The molecule has 1 aliphatic heterocycles. The van der Waals surface area contributed by atoms with Crippen molar-refractivity contribution in [3.8, 4) is 0 Å². The number of benzene rings is 1. The first-order valence-corrected chi connectivity index (χ1v) is 5.43. The molecule has 2 rings (SSSR count). The minimum Gasteiger partial charge on any atom is -0.373 e. The fraction of sp³-hybridized carbons (Fsp3) is 0.538. The SMILES string of the molecule is CCC1OCc2ccc(C)cc2C1C. The van der Waals surface area contributed by atoms with E-state index < -0.39 is 0 Å². The van der Waals surface area contributed by atoms with Gasteiger partial charge < -0.3 is 4.74 Å². The van der Waals surface area contributed by atoms with Crippen molar-refractivity contribution in [1.82, 2.24) is 0 Å². The van der Waals surface area contributed by atoms with Crippen LogP contribution in [0.5, 0.6) is 0 Å². The Balaban J connectivity index is 2.38. The van der Waals surface area contributed by atoms with E-state index in [9.17, 15) is 0 Å². The van der Waals surface area contributed by atoms with Gasteiger partial charge >= 0.3 is 0 Å². The molecule has 0 spiro atoms. The van der Waals surface area contributed by atoms with Crippen LogP contribution in [0.15, 0.2) is 18.2 Å². The van der Waals surface area contributed by atoms with E-state index in [0.717, 1.165) is 13.0 Å². The average Bonchev–Trinajstić information content (AvgIpc) is 2.20. The normalized spacial score (nSPS) is 25.9. The van der Waals surface area contributed by atoms with Gasteiger partial charge in [0, 0.05) is 5.92 Å². The Labute approximate surface area is 86.1 Å². The number of aryl methyl sites for hydroxylation is 1. The Kier molecular flexibility index (Phi) is 2.60. The number of hydrogen-bond donors (Lipinski definition) is 0. The van der Waals surface area contributed by atoms with E-state index in [0.29, 0.717) is 12.0 Å². The summed E-state index contributed by atoms with van der Waals surface area (Å²) < 4.78 is 5.81. The third kappa shape index (κ3) is 1.57. The van der Waals surface area contributed by atoms with Gasteiger partial charge in [0.1, 0.15) is 0 Å². The maximum atomic E-state index is 5.81. The summed E-state index contributed by atoms with van der Waals surface area (Å²) >= 11 is 0. The minimum atomic E-state index is 0.407. The van der Waals surface area contributed by atoms with Crippen LogP contribution in [0, 0.1) is 6.92 Å². The predicted octanol–water partition coefficient (Wildman–Crippen LogP) is 3.41. The van der Waals surface area contributed by atoms with Crippen LogP contribution in [0.25, 0.3) is 0 Å². The van der Waals surface area contributed by atoms with Crippen LogP contribution in [-0.2, 0) is 11.3 Å². The zero-order valence-electron chi connectivity index (χ0n) is 9.21. The number of ether oxygens (including phenoxy) is 1. The standard InChI is InChI=1S/C13H18O/c1-4-13-10(3)12-7-9(2)5-6-11(12)8-14-13/h5-7,10,13H,4,8H2,1-3H3. The highest BCUT2D eigenvalue weighted by Crippen LogP contribution is 2.32. The maximum absolute atomic E-state index is 5.81. The molecular formula is C13H18O. The monoisotopic (exact) mass is 190 g/mol. The number of rotatable bonds is 1. The van der Waals surface area contributed by atoms with Gasteiger partial charge in [0.2, 0.25) is 0 Å². The van der Waals surface area contributed by atoms with Crippen LogP contribution in [0.2, 0.25) is 0 Å². The second kappa shape index (κ2) is 3.74. The predicted molar refractivity (Wildman–Crippen MR) is 58.5 cm³/mol. The fourth-order valence-corrected chi connectivity index (χ4v) is 2.28. The van der Waals surface area contributed by atoms with Crippen molar-refractivity contribution in [2.45, 2.75) is 45.8 Å². The number of fused-ring (bicyclic) bond motifs is 1. The summed E-state index contributed by atoms with van der Waals surface area (Å²) in [6.45, 7) is 7.41. The Bertz CT molecular complexity index is 330. The first-order chi connectivity index (χ1) is 6.72. The molecule has 1 nitrogen and oxygen atoms in total. The molecule has 1 aliphatic rings. The van der Waals surface area contributed by atoms with E-state index in [1.807, 2.05) is 0 Å². The molecule has 0 aliphatic carbocycles. The Morgan fingerprint density at radius 2 is 2.21 bits per heavy atom. The lowest BCUT2D eigenvalue weighted by atomic mass is 9.87. The fourth-order valence-electron chi connectivity index (χ4n) is 2.28. The molecule has 1 heteroatoms. The lowest BCUT2D eigenvalue weighted by molar-refractivity contribution is 0.00955. The molecule has 1 aromatic carbocycles. The molecule has 1 heterocycles. The quantitative estimate of drug-likeness (QED) is 0.659. The van der Waals surface area contributed by atoms with E-state index in [1.54, 1.807) is 0 Å². The third-order valence-electron chi connectivity index (χ3n) is 3.20. The molecule has 14 heavy (non-hydrogen) atoms. The van der Waals surface area contributed by atoms with Crippen molar-refractivity contribution < 1.29 is 4.74 Å². The van der Waals surface area contributed by atoms with Crippen molar-refractivity contribution >= 4 is 0 Å². The topological polar surface area (TPSA) is 9.23 Å². The van der Waals surface area contributed by atoms with Gasteiger partial charge in [-0.1, -0.05) is 37.6 Å². The summed E-state index contributed by atoms with van der Waals surface area (Å²) in [6.07, 6.45) is 1.51. The van der Waals surface area contributed by atoms with E-state index in [-0.39, 0.29) is 0 Å². The van der Waals surface area contributed by atoms with Gasteiger partial charge in [-0.25, -0.2) is 0 Å². The molecule has 76 valence electrons. The Morgan fingerprint density at radius 1 is 1.43 bits per heavy atom. The molecule has 2 atom stereocenters. The molecule has 2 unspecified atom stereocenters. The van der Waals surface area contributed by atoms with Crippen LogP contribution in [0.3, 0.4) is 0 Å². The average molecular weight is 190 g/mol. The van der Waals surface area contributed by atoms with Gasteiger partial charge in [0.25, 0.3) is 0 Å². The smallest absolute Gasteiger partial charge is 0.0723 e. The minimum absolute atomic E-state index is 0.407. The molecule has 0 saturated carbocycles. The van der Waals surface area contributed by atoms with Crippen molar-refractivity contribution in [2.24, 2.45) is 0 Å². The van der Waals surface area contributed by atoms with Crippen molar-refractivity contribution in [3.05, 3.63) is 34.9 Å². The van der Waals surface area contributed by atoms with E-state index in [4.69, 9.17) is 4.74 Å². The van der Waals surface area contributed by atoms with Gasteiger partial charge in [-0.3, -0.25) is 0 Å². The van der Waals surface area contributed by atoms with Gasteiger partial charge in [-0.15, -0.1) is 0 Å².